The Hall–Kier alpha value is -2.99. The molecule has 6 heteroatoms. The average molecular weight is 506 g/mol. The van der Waals surface area contributed by atoms with Gasteiger partial charge in [-0.1, -0.05) is 49.2 Å². The van der Waals surface area contributed by atoms with Crippen molar-refractivity contribution in [1.29, 1.82) is 0 Å². The number of allylic oxidation sites excluding steroid dienone is 1. The van der Waals surface area contributed by atoms with Crippen molar-refractivity contribution in [2.75, 3.05) is 33.9 Å². The Labute approximate surface area is 222 Å². The molecule has 1 spiro atoms. The Morgan fingerprint density at radius 2 is 1.62 bits per heavy atom. The highest BCUT2D eigenvalue weighted by molar-refractivity contribution is 5.83. The van der Waals surface area contributed by atoms with Crippen LogP contribution in [0.25, 0.3) is 0 Å². The van der Waals surface area contributed by atoms with Gasteiger partial charge in [-0.15, -0.1) is 0 Å². The number of hydrogen-bond acceptors (Lipinski definition) is 4. The molecule has 3 heterocycles. The van der Waals surface area contributed by atoms with Crippen molar-refractivity contribution >= 4 is 6.03 Å². The van der Waals surface area contributed by atoms with E-state index >= 15 is 0 Å². The normalized spacial score (nSPS) is 18.5. The number of methoxy groups -OCH3 is 2. The molecule has 0 bridgehead atoms. The zero-order valence-corrected chi connectivity index (χ0v) is 23.7. The van der Waals surface area contributed by atoms with Gasteiger partial charge in [-0.25, -0.2) is 4.79 Å². The summed E-state index contributed by atoms with van der Waals surface area (Å²) in [6.07, 6.45) is 4.95. The number of amides is 2. The van der Waals surface area contributed by atoms with Crippen molar-refractivity contribution in [3.63, 3.8) is 0 Å². The lowest BCUT2D eigenvalue weighted by molar-refractivity contribution is 0.0889. The lowest BCUT2D eigenvalue weighted by Crippen LogP contribution is -2.53. The number of hydrogen-bond donors (Lipinski definition) is 0. The molecule has 0 aliphatic carbocycles. The molecule has 2 aromatic carbocycles. The number of likely N-dealkylation sites (tertiary alicyclic amines) is 1. The summed E-state index contributed by atoms with van der Waals surface area (Å²) in [5.74, 6) is 1.59. The molecule has 5 rings (SSSR count). The second kappa shape index (κ2) is 11.2. The summed E-state index contributed by atoms with van der Waals surface area (Å²) in [7, 11) is 3.37. The molecule has 3 aliphatic heterocycles. The number of likely N-dealkylation sites (N-methyl/N-ethyl adjacent to an activating group) is 1. The Morgan fingerprint density at radius 1 is 0.946 bits per heavy atom. The van der Waals surface area contributed by atoms with E-state index in [1.54, 1.807) is 14.2 Å². The molecule has 37 heavy (non-hydrogen) atoms. The minimum absolute atomic E-state index is 0.121. The highest BCUT2D eigenvalue weighted by atomic mass is 16.5. The standard InChI is InChI=1S/C29H37N3O3.C2H6/c1-6-32-28(33)31-19-23-16-24(34-4)17-26(35-5)25(23)7-8-27(31)29(32)9-11-30(12-10-29)18-22-14-20(2)13-21(3)15-22;1-2/h8,13-17H,6-7,9-12,18-19H2,1-5H3;1-2H3. The number of nitrogens with zero attached hydrogens (tertiary/aromatic N) is 3. The number of rotatable bonds is 5. The van der Waals surface area contributed by atoms with E-state index in [0.29, 0.717) is 6.54 Å². The first-order valence-electron chi connectivity index (χ1n) is 13.7. The van der Waals surface area contributed by atoms with Crippen LogP contribution in [0.3, 0.4) is 0 Å². The van der Waals surface area contributed by atoms with Crippen LogP contribution in [0.15, 0.2) is 42.1 Å². The molecule has 0 aromatic heterocycles. The van der Waals surface area contributed by atoms with Gasteiger partial charge in [-0.3, -0.25) is 9.80 Å². The molecule has 200 valence electrons. The maximum absolute atomic E-state index is 13.7. The summed E-state index contributed by atoms with van der Waals surface area (Å²) in [5.41, 5.74) is 7.20. The van der Waals surface area contributed by atoms with E-state index in [1.807, 2.05) is 24.8 Å². The molecular weight excluding hydrogens is 462 g/mol. The predicted molar refractivity (Wildman–Crippen MR) is 149 cm³/mol. The first-order chi connectivity index (χ1) is 17.9. The van der Waals surface area contributed by atoms with E-state index in [0.717, 1.165) is 68.1 Å². The maximum atomic E-state index is 13.7. The molecule has 2 aromatic rings. The van der Waals surface area contributed by atoms with Crippen LogP contribution in [0, 0.1) is 13.8 Å². The number of benzene rings is 2. The monoisotopic (exact) mass is 505 g/mol. The van der Waals surface area contributed by atoms with Crippen molar-refractivity contribution in [2.24, 2.45) is 0 Å². The third kappa shape index (κ3) is 4.96. The number of carbonyl (C=O) groups excluding carboxylic acids is 1. The smallest absolute Gasteiger partial charge is 0.325 e. The zero-order chi connectivity index (χ0) is 26.7. The summed E-state index contributed by atoms with van der Waals surface area (Å²) < 4.78 is 11.2. The van der Waals surface area contributed by atoms with E-state index in [4.69, 9.17) is 9.47 Å². The van der Waals surface area contributed by atoms with E-state index in [9.17, 15) is 4.79 Å². The van der Waals surface area contributed by atoms with E-state index in [1.165, 1.54) is 22.4 Å². The summed E-state index contributed by atoms with van der Waals surface area (Å²) in [4.78, 5) is 20.4. The van der Waals surface area contributed by atoms with Gasteiger partial charge >= 0.3 is 6.03 Å². The SMILES string of the molecule is CC.CCN1C(=O)N2Cc3cc(OC)cc(OC)c3CC=C2C12CCN(Cc1cc(C)cc(C)c1)CC2. The summed E-state index contributed by atoms with van der Waals surface area (Å²) >= 11 is 0. The van der Waals surface area contributed by atoms with Crippen LogP contribution >= 0.6 is 0 Å². The topological polar surface area (TPSA) is 45.3 Å². The lowest BCUT2D eigenvalue weighted by atomic mass is 9.83. The van der Waals surface area contributed by atoms with Crippen LogP contribution in [0.1, 0.15) is 61.4 Å². The van der Waals surface area contributed by atoms with E-state index in [-0.39, 0.29) is 11.6 Å². The maximum Gasteiger partial charge on any atom is 0.325 e. The van der Waals surface area contributed by atoms with Crippen molar-refractivity contribution < 1.29 is 14.3 Å². The largest absolute Gasteiger partial charge is 0.497 e. The lowest BCUT2D eigenvalue weighted by Gasteiger charge is -2.44. The Balaban J connectivity index is 0.00000156. The molecule has 3 aliphatic rings. The predicted octanol–water partition coefficient (Wildman–Crippen LogP) is 6.08. The van der Waals surface area contributed by atoms with Crippen LogP contribution in [0.5, 0.6) is 11.5 Å². The molecular formula is C31H43N3O3. The highest BCUT2D eigenvalue weighted by Crippen LogP contribution is 2.46. The number of piperidine rings is 1. The molecule has 2 amide bonds. The minimum Gasteiger partial charge on any atom is -0.497 e. The molecule has 0 radical (unpaired) electrons. The number of ether oxygens (including phenoxy) is 2. The zero-order valence-electron chi connectivity index (χ0n) is 23.7. The van der Waals surface area contributed by atoms with Gasteiger partial charge in [0.05, 0.1) is 26.3 Å². The van der Waals surface area contributed by atoms with Gasteiger partial charge in [-0.05, 0) is 57.2 Å². The first-order valence-corrected chi connectivity index (χ1v) is 13.7. The third-order valence-electron chi connectivity index (χ3n) is 7.99. The van der Waals surface area contributed by atoms with Crippen molar-refractivity contribution in [3.05, 3.63) is 69.9 Å². The number of urea groups is 1. The highest BCUT2D eigenvalue weighted by Gasteiger charge is 2.54. The second-order valence-electron chi connectivity index (χ2n) is 10.2. The van der Waals surface area contributed by atoms with Crippen LogP contribution in [0.2, 0.25) is 0 Å². The number of fused-ring (bicyclic) bond motifs is 3. The van der Waals surface area contributed by atoms with Crippen LogP contribution in [0.4, 0.5) is 4.79 Å². The molecule has 2 fully saturated rings. The van der Waals surface area contributed by atoms with Crippen LogP contribution < -0.4 is 9.47 Å². The quantitative estimate of drug-likeness (QED) is 0.494. The summed E-state index contributed by atoms with van der Waals surface area (Å²) in [6.45, 7) is 14.6. The molecule has 6 nitrogen and oxygen atoms in total. The van der Waals surface area contributed by atoms with Crippen LogP contribution in [-0.2, 0) is 19.5 Å². The summed E-state index contributed by atoms with van der Waals surface area (Å²) in [6, 6.07) is 10.9. The number of carbonyl (C=O) groups is 1. The van der Waals surface area contributed by atoms with Gasteiger partial charge in [0.2, 0.25) is 0 Å². The minimum atomic E-state index is -0.232. The van der Waals surface area contributed by atoms with Gasteiger partial charge in [0.25, 0.3) is 0 Å². The Bertz CT molecular complexity index is 1140. The van der Waals surface area contributed by atoms with Gasteiger partial charge < -0.3 is 14.4 Å². The second-order valence-corrected chi connectivity index (χ2v) is 10.2. The number of aryl methyl sites for hydroxylation is 2. The van der Waals surface area contributed by atoms with Crippen molar-refractivity contribution in [3.8, 4) is 11.5 Å². The van der Waals surface area contributed by atoms with Gasteiger partial charge in [0, 0.05) is 43.5 Å². The fourth-order valence-electron chi connectivity index (χ4n) is 6.45. The van der Waals surface area contributed by atoms with Crippen molar-refractivity contribution in [2.45, 2.75) is 72.5 Å². The molecule has 2 saturated heterocycles. The Morgan fingerprint density at radius 3 is 2.22 bits per heavy atom. The Kier molecular flexibility index (Phi) is 8.17. The van der Waals surface area contributed by atoms with E-state index < -0.39 is 0 Å². The fourth-order valence-corrected chi connectivity index (χ4v) is 6.45. The molecule has 0 N–H and O–H groups in total. The molecule has 0 unspecified atom stereocenters. The van der Waals surface area contributed by atoms with Crippen molar-refractivity contribution in [1.82, 2.24) is 14.7 Å². The average Bonchev–Trinajstić information content (AvgIpc) is 3.01. The van der Waals surface area contributed by atoms with E-state index in [2.05, 4.69) is 60.9 Å². The van der Waals surface area contributed by atoms with Crippen LogP contribution in [-0.4, -0.2) is 60.1 Å². The molecule has 0 atom stereocenters. The first kappa shape index (κ1) is 27.1. The third-order valence-corrected chi connectivity index (χ3v) is 7.99. The summed E-state index contributed by atoms with van der Waals surface area (Å²) in [5, 5.41) is 0. The molecule has 0 saturated carbocycles. The fraction of sp³-hybridized carbons (Fsp3) is 0.516. The van der Waals surface area contributed by atoms with Gasteiger partial charge in [-0.2, -0.15) is 0 Å². The van der Waals surface area contributed by atoms with Gasteiger partial charge in [0.1, 0.15) is 11.5 Å². The van der Waals surface area contributed by atoms with Gasteiger partial charge in [0.15, 0.2) is 0 Å².